The quantitative estimate of drug-likeness (QED) is 0.759. The molecule has 0 amide bonds. The van der Waals surface area contributed by atoms with Gasteiger partial charge in [-0.15, -0.1) is 0 Å². The Hall–Kier alpha value is -2.04. The first-order chi connectivity index (χ1) is 8.61. The molecular formula is C13H14O5. The van der Waals surface area contributed by atoms with Crippen LogP contribution in [0.5, 0.6) is 11.5 Å². The summed E-state index contributed by atoms with van der Waals surface area (Å²) in [5.74, 6) is 0.502. The van der Waals surface area contributed by atoms with Crippen molar-refractivity contribution in [3.05, 3.63) is 23.8 Å². The highest BCUT2D eigenvalue weighted by Gasteiger charge is 2.22. The van der Waals surface area contributed by atoms with E-state index in [0.29, 0.717) is 23.7 Å². The van der Waals surface area contributed by atoms with E-state index in [9.17, 15) is 9.59 Å². The molecule has 1 aliphatic heterocycles. The predicted octanol–water partition coefficient (Wildman–Crippen LogP) is 1.59. The van der Waals surface area contributed by atoms with E-state index in [4.69, 9.17) is 14.2 Å². The van der Waals surface area contributed by atoms with E-state index in [-0.39, 0.29) is 12.4 Å². The predicted molar refractivity (Wildman–Crippen MR) is 63.0 cm³/mol. The zero-order chi connectivity index (χ0) is 13.1. The van der Waals surface area contributed by atoms with Crippen molar-refractivity contribution in [2.75, 3.05) is 13.2 Å². The molecule has 5 nitrogen and oxygen atoms in total. The van der Waals surface area contributed by atoms with E-state index in [2.05, 4.69) is 0 Å². The molecule has 1 aromatic rings. The van der Waals surface area contributed by atoms with Crippen LogP contribution in [0.3, 0.4) is 0 Å². The van der Waals surface area contributed by atoms with Crippen molar-refractivity contribution in [2.24, 2.45) is 0 Å². The summed E-state index contributed by atoms with van der Waals surface area (Å²) >= 11 is 0. The molecule has 0 bridgehead atoms. The van der Waals surface area contributed by atoms with Crippen LogP contribution in [-0.4, -0.2) is 31.1 Å². The summed E-state index contributed by atoms with van der Waals surface area (Å²) in [4.78, 5) is 22.8. The lowest BCUT2D eigenvalue weighted by Crippen LogP contribution is -2.26. The van der Waals surface area contributed by atoms with Crippen molar-refractivity contribution in [3.8, 4) is 11.5 Å². The Kier molecular flexibility index (Phi) is 3.50. The molecule has 1 unspecified atom stereocenters. The molecule has 1 aromatic carbocycles. The molecule has 0 fully saturated rings. The lowest BCUT2D eigenvalue weighted by Gasteiger charge is -2.13. The van der Waals surface area contributed by atoms with Gasteiger partial charge in [-0.3, -0.25) is 4.79 Å². The van der Waals surface area contributed by atoms with Crippen LogP contribution in [0.1, 0.15) is 24.2 Å². The van der Waals surface area contributed by atoms with Gasteiger partial charge in [0.2, 0.25) is 5.78 Å². The van der Waals surface area contributed by atoms with Crippen molar-refractivity contribution >= 4 is 11.8 Å². The number of fused-ring (bicyclic) bond motifs is 1. The van der Waals surface area contributed by atoms with Crippen LogP contribution in [0.25, 0.3) is 0 Å². The first-order valence-electron chi connectivity index (χ1n) is 5.75. The standard InChI is InChI=1S/C13H14O5/c1-3-16-13(15)8(2)18-9-4-5-10-11(14)7-17-12(10)6-9/h4-6,8H,3,7H2,1-2H3. The van der Waals surface area contributed by atoms with Crippen LogP contribution >= 0.6 is 0 Å². The third-order valence-electron chi connectivity index (χ3n) is 2.54. The second-order valence-electron chi connectivity index (χ2n) is 3.88. The highest BCUT2D eigenvalue weighted by molar-refractivity contribution is 6.02. The number of ketones is 1. The number of hydrogen-bond donors (Lipinski definition) is 0. The number of carbonyl (C=O) groups is 2. The van der Waals surface area contributed by atoms with E-state index in [0.717, 1.165) is 0 Å². The Morgan fingerprint density at radius 3 is 3.00 bits per heavy atom. The molecule has 0 aliphatic carbocycles. The van der Waals surface area contributed by atoms with Gasteiger partial charge in [-0.1, -0.05) is 0 Å². The minimum Gasteiger partial charge on any atom is -0.485 e. The molecule has 18 heavy (non-hydrogen) atoms. The molecule has 2 rings (SSSR count). The summed E-state index contributed by atoms with van der Waals surface area (Å²) in [6.07, 6.45) is -0.694. The number of rotatable bonds is 4. The van der Waals surface area contributed by atoms with Gasteiger partial charge in [0.15, 0.2) is 12.7 Å². The van der Waals surface area contributed by atoms with Gasteiger partial charge >= 0.3 is 5.97 Å². The van der Waals surface area contributed by atoms with E-state index >= 15 is 0 Å². The molecule has 0 saturated carbocycles. The van der Waals surface area contributed by atoms with Crippen LogP contribution < -0.4 is 9.47 Å². The summed E-state index contributed by atoms with van der Waals surface area (Å²) in [6, 6.07) is 4.88. The highest BCUT2D eigenvalue weighted by atomic mass is 16.6. The molecular weight excluding hydrogens is 236 g/mol. The summed E-state index contributed by atoms with van der Waals surface area (Å²) in [5.41, 5.74) is 0.547. The molecule has 0 spiro atoms. The van der Waals surface area contributed by atoms with Crippen molar-refractivity contribution in [3.63, 3.8) is 0 Å². The summed E-state index contributed by atoms with van der Waals surface area (Å²) in [7, 11) is 0. The lowest BCUT2D eigenvalue weighted by atomic mass is 10.1. The van der Waals surface area contributed by atoms with Crippen LogP contribution in [0, 0.1) is 0 Å². The van der Waals surface area contributed by atoms with Crippen LogP contribution in [0.4, 0.5) is 0 Å². The van der Waals surface area contributed by atoms with Crippen molar-refractivity contribution in [2.45, 2.75) is 20.0 Å². The van der Waals surface area contributed by atoms with E-state index in [1.54, 1.807) is 32.0 Å². The van der Waals surface area contributed by atoms with Gasteiger partial charge in [0, 0.05) is 6.07 Å². The van der Waals surface area contributed by atoms with E-state index in [1.807, 2.05) is 0 Å². The van der Waals surface area contributed by atoms with Gasteiger partial charge in [0.25, 0.3) is 0 Å². The third-order valence-corrected chi connectivity index (χ3v) is 2.54. The number of hydrogen-bond acceptors (Lipinski definition) is 5. The monoisotopic (exact) mass is 250 g/mol. The van der Waals surface area contributed by atoms with Gasteiger partial charge < -0.3 is 14.2 Å². The number of benzene rings is 1. The van der Waals surface area contributed by atoms with Crippen molar-refractivity contribution < 1.29 is 23.8 Å². The molecule has 1 aliphatic rings. The highest BCUT2D eigenvalue weighted by Crippen LogP contribution is 2.29. The number of carbonyl (C=O) groups excluding carboxylic acids is 2. The van der Waals surface area contributed by atoms with Gasteiger partial charge in [-0.05, 0) is 26.0 Å². The van der Waals surface area contributed by atoms with Crippen LogP contribution in [-0.2, 0) is 9.53 Å². The first-order valence-corrected chi connectivity index (χ1v) is 5.75. The Bertz CT molecular complexity index is 480. The average Bonchev–Trinajstić information content (AvgIpc) is 2.71. The molecule has 0 radical (unpaired) electrons. The molecule has 0 N–H and O–H groups in total. The zero-order valence-corrected chi connectivity index (χ0v) is 10.3. The second-order valence-corrected chi connectivity index (χ2v) is 3.88. The van der Waals surface area contributed by atoms with Crippen molar-refractivity contribution in [1.29, 1.82) is 0 Å². The SMILES string of the molecule is CCOC(=O)C(C)Oc1ccc2c(c1)OCC2=O. The van der Waals surface area contributed by atoms with E-state index < -0.39 is 12.1 Å². The molecule has 0 aromatic heterocycles. The Labute approximate surface area is 105 Å². The maximum Gasteiger partial charge on any atom is 0.347 e. The maximum atomic E-state index is 11.4. The largest absolute Gasteiger partial charge is 0.485 e. The smallest absolute Gasteiger partial charge is 0.347 e. The third kappa shape index (κ3) is 2.45. The van der Waals surface area contributed by atoms with Gasteiger partial charge in [-0.25, -0.2) is 4.79 Å². The average molecular weight is 250 g/mol. The minimum absolute atomic E-state index is 0.0463. The normalized spacial score (nSPS) is 14.7. The number of Topliss-reactive ketones (excluding diaryl/α,β-unsaturated/α-hetero) is 1. The van der Waals surface area contributed by atoms with Crippen molar-refractivity contribution in [1.82, 2.24) is 0 Å². The fraction of sp³-hybridized carbons (Fsp3) is 0.385. The Balaban J connectivity index is 2.07. The minimum atomic E-state index is -0.694. The topological polar surface area (TPSA) is 61.8 Å². The fourth-order valence-corrected chi connectivity index (χ4v) is 1.66. The van der Waals surface area contributed by atoms with Gasteiger partial charge in [-0.2, -0.15) is 0 Å². The lowest BCUT2D eigenvalue weighted by molar-refractivity contribution is -0.150. The Morgan fingerprint density at radius 1 is 1.50 bits per heavy atom. The van der Waals surface area contributed by atoms with Crippen LogP contribution in [0.15, 0.2) is 18.2 Å². The molecule has 1 heterocycles. The van der Waals surface area contributed by atoms with Gasteiger partial charge in [0.05, 0.1) is 12.2 Å². The Morgan fingerprint density at radius 2 is 2.28 bits per heavy atom. The summed E-state index contributed by atoms with van der Waals surface area (Å²) < 4.78 is 15.5. The maximum absolute atomic E-state index is 11.4. The second kappa shape index (κ2) is 5.08. The van der Waals surface area contributed by atoms with Gasteiger partial charge in [0.1, 0.15) is 11.5 Å². The molecule has 96 valence electrons. The molecule has 5 heteroatoms. The summed E-state index contributed by atoms with van der Waals surface area (Å²) in [5, 5.41) is 0. The summed E-state index contributed by atoms with van der Waals surface area (Å²) in [6.45, 7) is 3.72. The zero-order valence-electron chi connectivity index (χ0n) is 10.3. The number of ether oxygens (including phenoxy) is 3. The van der Waals surface area contributed by atoms with E-state index in [1.165, 1.54) is 0 Å². The first kappa shape index (κ1) is 12.4. The molecule has 0 saturated heterocycles. The molecule has 1 atom stereocenters. The van der Waals surface area contributed by atoms with Crippen LogP contribution in [0.2, 0.25) is 0 Å². The number of esters is 1. The fourth-order valence-electron chi connectivity index (χ4n) is 1.66.